The van der Waals surface area contributed by atoms with Crippen molar-refractivity contribution >= 4 is 14.4 Å². The zero-order valence-corrected chi connectivity index (χ0v) is 25.9. The molecule has 0 spiro atoms. The van der Waals surface area contributed by atoms with Gasteiger partial charge in [-0.2, -0.15) is 0 Å². The van der Waals surface area contributed by atoms with Gasteiger partial charge in [-0.1, -0.05) is 127 Å². The van der Waals surface area contributed by atoms with Crippen LogP contribution in [0.5, 0.6) is 0 Å². The fraction of sp³-hybridized carbons (Fsp3) is 0.297. The molecule has 2 fully saturated rings. The van der Waals surface area contributed by atoms with Gasteiger partial charge in [-0.15, -0.1) is 0 Å². The van der Waals surface area contributed by atoms with Gasteiger partial charge in [0.15, 0.2) is 0 Å². The standard InChI is InChI=1S/C37H40O5Si/c1-43(2)33(23-28-15-7-3-8-16-28)35-37(42-43)36(40-26-31-21-13-6-14-22-31)34(39-25-30-19-11-5-12-20-30)32(41-35)27-38-24-29-17-9-4-10-18-29/h3-23,32,34-37H,24-27H2,1-2H3/b33-23-/t32-,34-,35-,36+,37+/m1/s1. The molecule has 0 amide bonds. The number of hydrogen-bond acceptors (Lipinski definition) is 5. The van der Waals surface area contributed by atoms with E-state index in [9.17, 15) is 0 Å². The van der Waals surface area contributed by atoms with Crippen molar-refractivity contribution in [1.29, 1.82) is 0 Å². The highest BCUT2D eigenvalue weighted by Gasteiger charge is 2.58. The molecule has 0 radical (unpaired) electrons. The molecule has 5 atom stereocenters. The summed E-state index contributed by atoms with van der Waals surface area (Å²) < 4.78 is 33.7. The number of benzene rings is 4. The first-order chi connectivity index (χ1) is 21.1. The summed E-state index contributed by atoms with van der Waals surface area (Å²) in [5.74, 6) is 0. The molecule has 0 unspecified atom stereocenters. The smallest absolute Gasteiger partial charge is 0.217 e. The molecule has 0 aromatic heterocycles. The third-order valence-corrected chi connectivity index (χ3v) is 10.8. The van der Waals surface area contributed by atoms with Gasteiger partial charge in [0.2, 0.25) is 8.32 Å². The predicted octanol–water partition coefficient (Wildman–Crippen LogP) is 7.37. The van der Waals surface area contributed by atoms with Gasteiger partial charge in [-0.3, -0.25) is 0 Å². The summed E-state index contributed by atoms with van der Waals surface area (Å²) in [4.78, 5) is 0. The van der Waals surface area contributed by atoms with Gasteiger partial charge in [0.25, 0.3) is 0 Å². The maximum absolute atomic E-state index is 6.96. The second-order valence-corrected chi connectivity index (χ2v) is 15.6. The minimum absolute atomic E-state index is 0.246. The molecule has 0 N–H and O–H groups in total. The minimum Gasteiger partial charge on any atom is -0.404 e. The minimum atomic E-state index is -2.30. The molecule has 2 heterocycles. The molecule has 6 heteroatoms. The highest BCUT2D eigenvalue weighted by molar-refractivity contribution is 6.80. The van der Waals surface area contributed by atoms with Crippen LogP contribution in [0.3, 0.4) is 0 Å². The Morgan fingerprint density at radius 3 is 1.67 bits per heavy atom. The first-order valence-corrected chi connectivity index (χ1v) is 18.0. The molecule has 43 heavy (non-hydrogen) atoms. The van der Waals surface area contributed by atoms with Crippen LogP contribution >= 0.6 is 0 Å². The van der Waals surface area contributed by atoms with Crippen molar-refractivity contribution in [3.8, 4) is 0 Å². The molecule has 6 rings (SSSR count). The molecular weight excluding hydrogens is 552 g/mol. The lowest BCUT2D eigenvalue weighted by Gasteiger charge is -2.44. The molecule has 0 saturated carbocycles. The predicted molar refractivity (Wildman–Crippen MR) is 172 cm³/mol. The molecule has 0 bridgehead atoms. The van der Waals surface area contributed by atoms with E-state index < -0.39 is 8.32 Å². The van der Waals surface area contributed by atoms with E-state index in [1.807, 2.05) is 60.7 Å². The van der Waals surface area contributed by atoms with Gasteiger partial charge in [-0.05, 0) is 40.5 Å². The lowest BCUT2D eigenvalue weighted by Crippen LogP contribution is -2.59. The molecule has 4 aromatic rings. The van der Waals surface area contributed by atoms with Crippen LogP contribution in [0.4, 0.5) is 0 Å². The van der Waals surface area contributed by atoms with Crippen molar-refractivity contribution in [2.45, 2.75) is 63.4 Å². The van der Waals surface area contributed by atoms with E-state index in [2.05, 4.69) is 79.8 Å². The second-order valence-electron chi connectivity index (χ2n) is 11.7. The average Bonchev–Trinajstić information content (AvgIpc) is 3.29. The number of fused-ring (bicyclic) bond motifs is 1. The normalized spacial score (nSPS) is 25.4. The summed E-state index contributed by atoms with van der Waals surface area (Å²) in [6, 6.07) is 41.2. The first kappa shape index (κ1) is 29.7. The highest BCUT2D eigenvalue weighted by atomic mass is 28.4. The SMILES string of the molecule is C[Si]1(C)O[C@@H]2[C@@H](OCc3ccccc3)[C@H](OCc3ccccc3)[C@@H](COCc3ccccc3)O[C@@H]2/C1=C/c1ccccc1. The van der Waals surface area contributed by atoms with Crippen molar-refractivity contribution in [2.75, 3.05) is 6.61 Å². The largest absolute Gasteiger partial charge is 0.404 e. The van der Waals surface area contributed by atoms with E-state index in [4.69, 9.17) is 23.4 Å². The molecule has 2 saturated heterocycles. The van der Waals surface area contributed by atoms with Crippen molar-refractivity contribution in [3.05, 3.63) is 149 Å². The van der Waals surface area contributed by atoms with E-state index in [-0.39, 0.29) is 30.5 Å². The van der Waals surface area contributed by atoms with Gasteiger partial charge < -0.3 is 23.4 Å². The van der Waals surface area contributed by atoms with E-state index in [1.165, 1.54) is 5.20 Å². The molecule has 5 nitrogen and oxygen atoms in total. The van der Waals surface area contributed by atoms with Crippen LogP contribution in [-0.4, -0.2) is 45.4 Å². The Bertz CT molecular complexity index is 1450. The fourth-order valence-electron chi connectivity index (χ4n) is 5.96. The van der Waals surface area contributed by atoms with Gasteiger partial charge in [0.1, 0.15) is 30.5 Å². The number of rotatable bonds is 11. The summed E-state index contributed by atoms with van der Waals surface area (Å²) >= 11 is 0. The third-order valence-electron chi connectivity index (χ3n) is 8.15. The molecule has 2 aliphatic rings. The van der Waals surface area contributed by atoms with Crippen LogP contribution in [0.25, 0.3) is 6.08 Å². The van der Waals surface area contributed by atoms with E-state index in [0.717, 1.165) is 22.3 Å². The van der Waals surface area contributed by atoms with Crippen LogP contribution in [0, 0.1) is 0 Å². The van der Waals surface area contributed by atoms with Gasteiger partial charge in [-0.25, -0.2) is 0 Å². The Hall–Kier alpha value is -3.36. The Morgan fingerprint density at radius 1 is 0.628 bits per heavy atom. The highest BCUT2D eigenvalue weighted by Crippen LogP contribution is 2.43. The average molecular weight is 593 g/mol. The summed E-state index contributed by atoms with van der Waals surface area (Å²) in [7, 11) is -2.30. The second kappa shape index (κ2) is 13.9. The Balaban J connectivity index is 1.32. The van der Waals surface area contributed by atoms with E-state index in [0.29, 0.717) is 26.4 Å². The van der Waals surface area contributed by atoms with Crippen LogP contribution in [0.1, 0.15) is 22.3 Å². The third kappa shape index (κ3) is 7.41. The maximum atomic E-state index is 6.96. The van der Waals surface area contributed by atoms with Crippen molar-refractivity contribution in [1.82, 2.24) is 0 Å². The molecule has 2 aliphatic heterocycles. The Morgan fingerprint density at radius 2 is 1.12 bits per heavy atom. The summed E-state index contributed by atoms with van der Waals surface area (Å²) in [6.45, 7) is 6.28. The van der Waals surface area contributed by atoms with Crippen LogP contribution in [0.2, 0.25) is 13.1 Å². The zero-order valence-electron chi connectivity index (χ0n) is 24.9. The van der Waals surface area contributed by atoms with Crippen LogP contribution < -0.4 is 0 Å². The van der Waals surface area contributed by atoms with E-state index in [1.54, 1.807) is 0 Å². The summed E-state index contributed by atoms with van der Waals surface area (Å²) in [5.41, 5.74) is 4.48. The van der Waals surface area contributed by atoms with Crippen LogP contribution in [-0.2, 0) is 43.2 Å². The fourth-order valence-corrected chi connectivity index (χ4v) is 8.46. The van der Waals surface area contributed by atoms with Gasteiger partial charge in [0.05, 0.1) is 26.4 Å². The van der Waals surface area contributed by atoms with E-state index >= 15 is 0 Å². The zero-order chi connectivity index (χ0) is 29.5. The Labute approximate surface area is 256 Å². The van der Waals surface area contributed by atoms with Crippen molar-refractivity contribution in [2.24, 2.45) is 0 Å². The Kier molecular flexibility index (Phi) is 9.63. The lowest BCUT2D eigenvalue weighted by molar-refractivity contribution is -0.242. The van der Waals surface area contributed by atoms with Crippen molar-refractivity contribution < 1.29 is 23.4 Å². The first-order valence-electron chi connectivity index (χ1n) is 15.1. The van der Waals surface area contributed by atoms with Crippen LogP contribution in [0.15, 0.2) is 127 Å². The van der Waals surface area contributed by atoms with Crippen molar-refractivity contribution in [3.63, 3.8) is 0 Å². The van der Waals surface area contributed by atoms with Gasteiger partial charge >= 0.3 is 0 Å². The quantitative estimate of drug-likeness (QED) is 0.170. The summed E-state index contributed by atoms with van der Waals surface area (Å²) in [5, 5.41) is 1.23. The maximum Gasteiger partial charge on any atom is 0.217 e. The topological polar surface area (TPSA) is 46.2 Å². The van der Waals surface area contributed by atoms with Gasteiger partial charge in [0, 0.05) is 0 Å². The monoisotopic (exact) mass is 592 g/mol. The molecular formula is C37H40O5Si. The summed E-state index contributed by atoms with van der Waals surface area (Å²) in [6.07, 6.45) is 0.650. The molecule has 222 valence electrons. The molecule has 0 aliphatic carbocycles. The lowest BCUT2D eigenvalue weighted by atomic mass is 9.93. The number of hydrogen-bond donors (Lipinski definition) is 0. The molecule has 4 aromatic carbocycles. The number of ether oxygens (including phenoxy) is 4.